The molecule has 1 fully saturated rings. The fraction of sp³-hybridized carbons (Fsp3) is 0.833. The molecule has 4 nitrogen and oxygen atoms in total. The highest BCUT2D eigenvalue weighted by Gasteiger charge is 2.28. The minimum atomic E-state index is -0.474. The van der Waals surface area contributed by atoms with Crippen LogP contribution in [-0.4, -0.2) is 23.5 Å². The van der Waals surface area contributed by atoms with Crippen molar-refractivity contribution in [3.63, 3.8) is 0 Å². The summed E-state index contributed by atoms with van der Waals surface area (Å²) in [6.45, 7) is 7.49. The second-order valence-corrected chi connectivity index (χ2v) is 5.51. The third-order valence-electron chi connectivity index (χ3n) is 2.67. The van der Waals surface area contributed by atoms with E-state index in [-0.39, 0.29) is 17.7 Å². The maximum atomic E-state index is 11.5. The van der Waals surface area contributed by atoms with Gasteiger partial charge in [-0.25, -0.2) is 4.79 Å². The van der Waals surface area contributed by atoms with Crippen molar-refractivity contribution in [2.24, 2.45) is 5.92 Å². The molecule has 92 valence electrons. The van der Waals surface area contributed by atoms with Crippen LogP contribution in [0.3, 0.4) is 0 Å². The molecular formula is C12H21NO3. The van der Waals surface area contributed by atoms with Crippen molar-refractivity contribution in [3.05, 3.63) is 0 Å². The quantitative estimate of drug-likeness (QED) is 0.747. The zero-order valence-electron chi connectivity index (χ0n) is 10.5. The number of amides is 1. The summed E-state index contributed by atoms with van der Waals surface area (Å²) in [5, 5.41) is 2.83. The Morgan fingerprint density at radius 2 is 2.06 bits per heavy atom. The molecule has 0 aromatic rings. The highest BCUT2D eigenvalue weighted by molar-refractivity contribution is 5.80. The average molecular weight is 227 g/mol. The molecule has 0 saturated heterocycles. The Labute approximate surface area is 96.7 Å². The molecule has 1 saturated carbocycles. The molecule has 1 aliphatic rings. The molecule has 0 aliphatic heterocycles. The number of hydrogen-bond acceptors (Lipinski definition) is 3. The Bertz CT molecular complexity index is 280. The van der Waals surface area contributed by atoms with Gasteiger partial charge in [-0.1, -0.05) is 6.92 Å². The van der Waals surface area contributed by atoms with Crippen LogP contribution >= 0.6 is 0 Å². The van der Waals surface area contributed by atoms with Gasteiger partial charge >= 0.3 is 6.09 Å². The Morgan fingerprint density at radius 3 is 2.56 bits per heavy atom. The maximum Gasteiger partial charge on any atom is 0.407 e. The van der Waals surface area contributed by atoms with Crippen LogP contribution in [-0.2, 0) is 9.53 Å². The summed E-state index contributed by atoms with van der Waals surface area (Å²) < 4.78 is 5.18. The van der Waals surface area contributed by atoms with Gasteiger partial charge in [0.15, 0.2) is 0 Å². The Hall–Kier alpha value is -1.06. The lowest BCUT2D eigenvalue weighted by molar-refractivity contribution is -0.121. The number of carbonyl (C=O) groups is 2. The SMILES string of the molecule is C[C@H]1CC(=O)CC[C@H]1NC(=O)OC(C)(C)C. The van der Waals surface area contributed by atoms with Crippen LogP contribution in [0, 0.1) is 5.92 Å². The van der Waals surface area contributed by atoms with E-state index in [1.54, 1.807) is 0 Å². The van der Waals surface area contributed by atoms with Gasteiger partial charge in [-0.05, 0) is 33.1 Å². The van der Waals surface area contributed by atoms with Crippen LogP contribution in [0.4, 0.5) is 4.79 Å². The van der Waals surface area contributed by atoms with Crippen molar-refractivity contribution in [3.8, 4) is 0 Å². The summed E-state index contributed by atoms with van der Waals surface area (Å²) in [6.07, 6.45) is 1.45. The number of rotatable bonds is 1. The standard InChI is InChI=1S/C12H21NO3/c1-8-7-9(14)5-6-10(8)13-11(15)16-12(2,3)4/h8,10H,5-7H2,1-4H3,(H,13,15)/t8-,10+/m0/s1. The summed E-state index contributed by atoms with van der Waals surface area (Å²) in [7, 11) is 0. The van der Waals surface area contributed by atoms with Gasteiger partial charge in [-0.15, -0.1) is 0 Å². The van der Waals surface area contributed by atoms with Crippen LogP contribution < -0.4 is 5.32 Å². The first kappa shape index (κ1) is 13.0. The Morgan fingerprint density at radius 1 is 1.44 bits per heavy atom. The van der Waals surface area contributed by atoms with E-state index < -0.39 is 11.7 Å². The van der Waals surface area contributed by atoms with Gasteiger partial charge in [-0.2, -0.15) is 0 Å². The van der Waals surface area contributed by atoms with Gasteiger partial charge in [0.2, 0.25) is 0 Å². The van der Waals surface area contributed by atoms with Crippen molar-refractivity contribution in [2.75, 3.05) is 0 Å². The van der Waals surface area contributed by atoms with Crippen LogP contribution in [0.25, 0.3) is 0 Å². The first-order valence-corrected chi connectivity index (χ1v) is 5.79. The lowest BCUT2D eigenvalue weighted by Gasteiger charge is -2.30. The molecule has 1 rings (SSSR count). The molecule has 0 aromatic carbocycles. The van der Waals surface area contributed by atoms with Gasteiger partial charge in [0.1, 0.15) is 11.4 Å². The fourth-order valence-electron chi connectivity index (χ4n) is 1.88. The van der Waals surface area contributed by atoms with Crippen molar-refractivity contribution in [1.82, 2.24) is 5.32 Å². The minimum Gasteiger partial charge on any atom is -0.444 e. The second kappa shape index (κ2) is 4.85. The Balaban J connectivity index is 2.42. The third-order valence-corrected chi connectivity index (χ3v) is 2.67. The van der Waals surface area contributed by atoms with E-state index >= 15 is 0 Å². The molecule has 0 unspecified atom stereocenters. The molecule has 0 spiro atoms. The second-order valence-electron chi connectivity index (χ2n) is 5.51. The van der Waals surface area contributed by atoms with Crippen molar-refractivity contribution >= 4 is 11.9 Å². The predicted molar refractivity (Wildman–Crippen MR) is 61.2 cm³/mol. The molecule has 1 aliphatic carbocycles. The highest BCUT2D eigenvalue weighted by Crippen LogP contribution is 2.21. The zero-order chi connectivity index (χ0) is 12.3. The molecule has 4 heteroatoms. The Kier molecular flexibility index (Phi) is 3.94. The van der Waals surface area contributed by atoms with E-state index in [1.165, 1.54) is 0 Å². The molecule has 1 N–H and O–H groups in total. The molecule has 0 heterocycles. The number of hydrogen-bond donors (Lipinski definition) is 1. The summed E-state index contributed by atoms with van der Waals surface area (Å²) in [4.78, 5) is 22.7. The van der Waals surface area contributed by atoms with E-state index in [1.807, 2.05) is 27.7 Å². The van der Waals surface area contributed by atoms with Gasteiger partial charge in [0.25, 0.3) is 0 Å². The summed E-state index contributed by atoms with van der Waals surface area (Å²) in [5.41, 5.74) is -0.474. The molecule has 1 amide bonds. The number of carbonyl (C=O) groups excluding carboxylic acids is 2. The molecular weight excluding hydrogens is 206 g/mol. The van der Waals surface area contributed by atoms with Gasteiger partial charge < -0.3 is 10.1 Å². The normalized spacial score (nSPS) is 26.4. The van der Waals surface area contributed by atoms with E-state index in [0.29, 0.717) is 12.8 Å². The average Bonchev–Trinajstić information content (AvgIpc) is 2.06. The van der Waals surface area contributed by atoms with E-state index in [0.717, 1.165) is 6.42 Å². The lowest BCUT2D eigenvalue weighted by Crippen LogP contribution is -2.44. The van der Waals surface area contributed by atoms with E-state index in [9.17, 15) is 9.59 Å². The van der Waals surface area contributed by atoms with Gasteiger partial charge in [-0.3, -0.25) is 4.79 Å². The van der Waals surface area contributed by atoms with Crippen LogP contribution in [0.5, 0.6) is 0 Å². The number of Topliss-reactive ketones (excluding diaryl/α,β-unsaturated/α-hetero) is 1. The van der Waals surface area contributed by atoms with E-state index in [2.05, 4.69) is 5.32 Å². The predicted octanol–water partition coefficient (Wildman–Crippen LogP) is 2.27. The van der Waals surface area contributed by atoms with Crippen LogP contribution in [0.1, 0.15) is 47.0 Å². The zero-order valence-corrected chi connectivity index (χ0v) is 10.5. The molecule has 0 bridgehead atoms. The number of ketones is 1. The van der Waals surface area contributed by atoms with Crippen LogP contribution in [0.2, 0.25) is 0 Å². The largest absolute Gasteiger partial charge is 0.444 e. The van der Waals surface area contributed by atoms with Crippen LogP contribution in [0.15, 0.2) is 0 Å². The molecule has 0 aromatic heterocycles. The van der Waals surface area contributed by atoms with Gasteiger partial charge in [0.05, 0.1) is 0 Å². The number of alkyl carbamates (subject to hydrolysis) is 1. The van der Waals surface area contributed by atoms with Gasteiger partial charge in [0, 0.05) is 18.9 Å². The summed E-state index contributed by atoms with van der Waals surface area (Å²) >= 11 is 0. The summed E-state index contributed by atoms with van der Waals surface area (Å²) in [6, 6.07) is 0.0625. The third kappa shape index (κ3) is 4.21. The lowest BCUT2D eigenvalue weighted by atomic mass is 9.85. The van der Waals surface area contributed by atoms with Crippen molar-refractivity contribution < 1.29 is 14.3 Å². The monoisotopic (exact) mass is 227 g/mol. The smallest absolute Gasteiger partial charge is 0.407 e. The number of ether oxygens (including phenoxy) is 1. The fourth-order valence-corrected chi connectivity index (χ4v) is 1.88. The highest BCUT2D eigenvalue weighted by atomic mass is 16.6. The molecule has 2 atom stereocenters. The summed E-state index contributed by atoms with van der Waals surface area (Å²) in [5.74, 6) is 0.489. The first-order chi connectivity index (χ1) is 7.28. The first-order valence-electron chi connectivity index (χ1n) is 5.79. The minimum absolute atomic E-state index is 0.0625. The molecule has 16 heavy (non-hydrogen) atoms. The maximum absolute atomic E-state index is 11.5. The topological polar surface area (TPSA) is 55.4 Å². The van der Waals surface area contributed by atoms with E-state index in [4.69, 9.17) is 4.74 Å². The van der Waals surface area contributed by atoms with Crippen molar-refractivity contribution in [1.29, 1.82) is 0 Å². The number of nitrogens with one attached hydrogen (secondary N) is 1. The molecule has 0 radical (unpaired) electrons. The van der Waals surface area contributed by atoms with Crippen molar-refractivity contribution in [2.45, 2.75) is 58.6 Å².